The highest BCUT2D eigenvalue weighted by atomic mass is 16.7. The van der Waals surface area contributed by atoms with E-state index in [-0.39, 0.29) is 61.0 Å². The maximum absolute atomic E-state index is 13.8. The second-order valence-electron chi connectivity index (χ2n) is 15.0. The minimum Gasteiger partial charge on any atom is -0.466 e. The van der Waals surface area contributed by atoms with Gasteiger partial charge in [-0.25, -0.2) is 9.59 Å². The van der Waals surface area contributed by atoms with Crippen molar-refractivity contribution in [2.75, 3.05) is 25.6 Å². The molecular weight excluding hydrogens is 706 g/mol. The van der Waals surface area contributed by atoms with Crippen molar-refractivity contribution in [2.45, 2.75) is 133 Å². The Bertz CT molecular complexity index is 1560. The number of ether oxygens (including phenoxy) is 7. The Labute approximate surface area is 314 Å². The summed E-state index contributed by atoms with van der Waals surface area (Å²) in [7, 11) is 1.18. The highest BCUT2D eigenvalue weighted by Crippen LogP contribution is 2.47. The standard InChI is InChI=1S/C39H53NO14/c1-23(42)40-26-8-5-7-24(15-26)37(46)53-36-25(17-33(44)48-4)16-31-21-32(22-41)51-34(45)19-27(43)18-28-9-6-10-29(50-28)20-30-12-14-49-35(52-30)11-13-38(2,3)39(36,47)54-31/h5,7-8,11,13,15,17,27-32,35-36,41,43,47H,6,9-10,12,14,16,18-22H2,1-4H3,(H,40,42)/b13-11+,25-17+/t27-,28+,29-,30+,31?,32?,35+,36+,39-/m1/s1. The van der Waals surface area contributed by atoms with Gasteiger partial charge in [-0.05, 0) is 68.4 Å². The van der Waals surface area contributed by atoms with E-state index in [1.165, 1.54) is 26.2 Å². The van der Waals surface area contributed by atoms with E-state index in [9.17, 15) is 34.5 Å². The van der Waals surface area contributed by atoms with Gasteiger partial charge < -0.3 is 53.8 Å². The number of anilines is 1. The predicted molar refractivity (Wildman–Crippen MR) is 191 cm³/mol. The number of fused-ring (bicyclic) bond motifs is 6. The number of carbonyl (C=O) groups excluding carboxylic acids is 4. The molecule has 4 N–H and O–H groups in total. The lowest BCUT2D eigenvalue weighted by molar-refractivity contribution is -0.324. The van der Waals surface area contributed by atoms with Crippen molar-refractivity contribution in [2.24, 2.45) is 5.41 Å². The van der Waals surface area contributed by atoms with Crippen LogP contribution in [0.1, 0.15) is 88.9 Å². The van der Waals surface area contributed by atoms with Gasteiger partial charge >= 0.3 is 17.9 Å². The molecule has 4 aliphatic heterocycles. The molecule has 9 atom stereocenters. The Hall–Kier alpha value is -3.70. The van der Waals surface area contributed by atoms with Gasteiger partial charge in [0.15, 0.2) is 12.4 Å². The molecule has 2 unspecified atom stereocenters. The lowest BCUT2D eigenvalue weighted by Crippen LogP contribution is -2.62. The van der Waals surface area contributed by atoms with Crippen molar-refractivity contribution in [1.82, 2.24) is 0 Å². The van der Waals surface area contributed by atoms with Crippen LogP contribution in [0.5, 0.6) is 0 Å². The number of aliphatic hydroxyl groups excluding tert-OH is 2. The molecule has 298 valence electrons. The summed E-state index contributed by atoms with van der Waals surface area (Å²) in [6.45, 7) is 4.42. The number of carbonyl (C=O) groups is 4. The third kappa shape index (κ3) is 10.7. The first-order valence-electron chi connectivity index (χ1n) is 18.6. The summed E-state index contributed by atoms with van der Waals surface area (Å²) in [5.41, 5.74) is -0.891. The molecule has 4 aliphatic rings. The fraction of sp³-hybridized carbons (Fsp3) is 0.641. The van der Waals surface area contributed by atoms with E-state index in [1.54, 1.807) is 38.1 Å². The van der Waals surface area contributed by atoms with Crippen LogP contribution in [-0.4, -0.2) is 114 Å². The second-order valence-corrected chi connectivity index (χ2v) is 15.0. The molecule has 3 fully saturated rings. The highest BCUT2D eigenvalue weighted by Gasteiger charge is 2.57. The summed E-state index contributed by atoms with van der Waals surface area (Å²) < 4.78 is 41.4. The molecule has 15 nitrogen and oxygen atoms in total. The molecule has 0 aliphatic carbocycles. The zero-order valence-corrected chi connectivity index (χ0v) is 31.3. The Morgan fingerprint density at radius 3 is 2.48 bits per heavy atom. The van der Waals surface area contributed by atoms with Crippen LogP contribution in [-0.2, 0) is 47.5 Å². The first-order chi connectivity index (χ1) is 25.7. The van der Waals surface area contributed by atoms with E-state index >= 15 is 0 Å². The Morgan fingerprint density at radius 1 is 1.02 bits per heavy atom. The smallest absolute Gasteiger partial charge is 0.339 e. The molecule has 0 aromatic heterocycles. The molecule has 0 spiro atoms. The maximum Gasteiger partial charge on any atom is 0.339 e. The number of esters is 3. The molecule has 15 heteroatoms. The van der Waals surface area contributed by atoms with Crippen LogP contribution in [0, 0.1) is 5.41 Å². The number of rotatable bonds is 5. The van der Waals surface area contributed by atoms with Gasteiger partial charge in [-0.3, -0.25) is 9.59 Å². The SMILES string of the molecule is COC(=O)/C=C1\CC2CC(CO)OC(=O)C[C@H](O)C[C@@H]3CCC[C@H](C[C@@H]4CCO[C@H](/C=C/C(C)(C)[C@](O)(O2)[C@H]1OC(=O)c1cccc(NC(C)=O)c1)O4)O3. The molecule has 1 aromatic rings. The summed E-state index contributed by atoms with van der Waals surface area (Å²) in [6.07, 6.45) is 1.69. The normalized spacial score (nSPS) is 34.8. The molecule has 3 saturated heterocycles. The van der Waals surface area contributed by atoms with Crippen molar-refractivity contribution < 1.29 is 67.7 Å². The van der Waals surface area contributed by atoms with E-state index < -0.39 is 66.4 Å². The predicted octanol–water partition coefficient (Wildman–Crippen LogP) is 3.24. The van der Waals surface area contributed by atoms with Gasteiger partial charge in [0.25, 0.3) is 0 Å². The van der Waals surface area contributed by atoms with Gasteiger partial charge in [0.05, 0.1) is 62.8 Å². The van der Waals surface area contributed by atoms with E-state index in [2.05, 4.69) is 5.32 Å². The van der Waals surface area contributed by atoms with E-state index in [1.807, 2.05) is 0 Å². The summed E-state index contributed by atoms with van der Waals surface area (Å²) >= 11 is 0. The number of cyclic esters (lactones) is 1. The molecule has 4 heterocycles. The van der Waals surface area contributed by atoms with Gasteiger partial charge in [0.1, 0.15) is 6.10 Å². The van der Waals surface area contributed by atoms with E-state index in [0.29, 0.717) is 25.1 Å². The largest absolute Gasteiger partial charge is 0.466 e. The monoisotopic (exact) mass is 759 g/mol. The van der Waals surface area contributed by atoms with E-state index in [0.717, 1.165) is 25.3 Å². The number of aliphatic hydroxyl groups is 3. The molecule has 0 radical (unpaired) electrons. The van der Waals surface area contributed by atoms with Crippen LogP contribution in [0.3, 0.4) is 0 Å². The Balaban J connectivity index is 1.52. The quantitative estimate of drug-likeness (QED) is 0.147. The van der Waals surface area contributed by atoms with Crippen molar-refractivity contribution in [3.63, 3.8) is 0 Å². The van der Waals surface area contributed by atoms with Gasteiger partial charge in [0, 0.05) is 36.9 Å². The van der Waals surface area contributed by atoms with Crippen LogP contribution in [0.2, 0.25) is 0 Å². The lowest BCUT2D eigenvalue weighted by atomic mass is 9.74. The third-order valence-corrected chi connectivity index (χ3v) is 10.2. The van der Waals surface area contributed by atoms with Crippen molar-refractivity contribution in [1.29, 1.82) is 0 Å². The number of nitrogens with one attached hydrogen (secondary N) is 1. The average molecular weight is 760 g/mol. The van der Waals surface area contributed by atoms with Crippen LogP contribution >= 0.6 is 0 Å². The van der Waals surface area contributed by atoms with Crippen LogP contribution < -0.4 is 5.32 Å². The van der Waals surface area contributed by atoms with Gasteiger partial charge in [-0.1, -0.05) is 26.0 Å². The average Bonchev–Trinajstić information content (AvgIpc) is 3.11. The lowest BCUT2D eigenvalue weighted by Gasteiger charge is -2.51. The molecule has 6 bridgehead atoms. The first kappa shape index (κ1) is 41.5. The summed E-state index contributed by atoms with van der Waals surface area (Å²) in [5.74, 6) is -5.16. The molecule has 0 saturated carbocycles. The molecule has 5 rings (SSSR count). The number of methoxy groups -OCH3 is 1. The zero-order chi connectivity index (χ0) is 39.0. The second kappa shape index (κ2) is 18.3. The van der Waals surface area contributed by atoms with Crippen LogP contribution in [0.25, 0.3) is 0 Å². The summed E-state index contributed by atoms with van der Waals surface area (Å²) in [4.78, 5) is 51.2. The van der Waals surface area contributed by atoms with Gasteiger partial charge in [-0.2, -0.15) is 0 Å². The third-order valence-electron chi connectivity index (χ3n) is 10.2. The fourth-order valence-corrected chi connectivity index (χ4v) is 7.42. The number of hydrogen-bond donors (Lipinski definition) is 4. The van der Waals surface area contributed by atoms with Crippen LogP contribution in [0.15, 0.2) is 48.1 Å². The molecule has 1 amide bonds. The maximum atomic E-state index is 13.8. The summed E-state index contributed by atoms with van der Waals surface area (Å²) in [5, 5.41) is 36.4. The van der Waals surface area contributed by atoms with Crippen LogP contribution in [0.4, 0.5) is 5.69 Å². The Kier molecular flexibility index (Phi) is 14.0. The molecular formula is C39H53NO14. The van der Waals surface area contributed by atoms with Crippen molar-refractivity contribution in [3.8, 4) is 0 Å². The first-order valence-corrected chi connectivity index (χ1v) is 18.6. The van der Waals surface area contributed by atoms with E-state index in [4.69, 9.17) is 33.2 Å². The molecule has 1 aromatic carbocycles. The van der Waals surface area contributed by atoms with Gasteiger partial charge in [0.2, 0.25) is 11.7 Å². The summed E-state index contributed by atoms with van der Waals surface area (Å²) in [6, 6.07) is 6.02. The van der Waals surface area contributed by atoms with Crippen molar-refractivity contribution in [3.05, 3.63) is 53.6 Å². The van der Waals surface area contributed by atoms with Gasteiger partial charge in [-0.15, -0.1) is 0 Å². The van der Waals surface area contributed by atoms with Crippen molar-refractivity contribution >= 4 is 29.5 Å². The number of benzene rings is 1. The number of hydrogen-bond acceptors (Lipinski definition) is 14. The molecule has 54 heavy (non-hydrogen) atoms. The highest BCUT2D eigenvalue weighted by molar-refractivity contribution is 5.94. The topological polar surface area (TPSA) is 206 Å². The fourth-order valence-electron chi connectivity index (χ4n) is 7.42. The zero-order valence-electron chi connectivity index (χ0n) is 31.3. The minimum atomic E-state index is -2.39. The number of amides is 1. The minimum absolute atomic E-state index is 0.0439. The Morgan fingerprint density at radius 2 is 1.76 bits per heavy atom.